The summed E-state index contributed by atoms with van der Waals surface area (Å²) in [6, 6.07) is 9.77. The molecule has 1 heterocycles. The largest absolute Gasteiger partial charge is 0.342 e. The topological polar surface area (TPSA) is 40.6 Å². The molecule has 4 nitrogen and oxygen atoms in total. The highest BCUT2D eigenvalue weighted by Crippen LogP contribution is 2.18. The van der Waals surface area contributed by atoms with E-state index in [4.69, 9.17) is 0 Å². The Morgan fingerprint density at radius 3 is 2.64 bits per heavy atom. The first-order valence-corrected chi connectivity index (χ1v) is 8.22. The normalized spacial score (nSPS) is 18.6. The Morgan fingerprint density at radius 1 is 1.23 bits per heavy atom. The lowest BCUT2D eigenvalue weighted by molar-refractivity contribution is -0.150. The third kappa shape index (κ3) is 4.09. The van der Waals surface area contributed by atoms with Crippen molar-refractivity contribution in [1.29, 1.82) is 0 Å². The average Bonchev–Trinajstić information content (AvgIpc) is 2.55. The molecule has 0 unspecified atom stereocenters. The number of hydrogen-bond acceptors (Lipinski definition) is 2. The van der Waals surface area contributed by atoms with E-state index in [1.54, 1.807) is 9.80 Å². The van der Waals surface area contributed by atoms with Gasteiger partial charge in [-0.05, 0) is 18.4 Å². The van der Waals surface area contributed by atoms with Gasteiger partial charge in [-0.3, -0.25) is 9.59 Å². The van der Waals surface area contributed by atoms with Gasteiger partial charge in [0.15, 0.2) is 0 Å². The van der Waals surface area contributed by atoms with E-state index >= 15 is 0 Å². The van der Waals surface area contributed by atoms with Gasteiger partial charge in [0, 0.05) is 26.6 Å². The molecule has 1 aromatic rings. The fraction of sp³-hybridized carbons (Fsp3) is 0.556. The molecule has 1 aromatic carbocycles. The van der Waals surface area contributed by atoms with Crippen molar-refractivity contribution in [3.05, 3.63) is 35.9 Å². The van der Waals surface area contributed by atoms with Gasteiger partial charge in [-0.2, -0.15) is 0 Å². The molecular weight excluding hydrogens is 276 g/mol. The number of likely N-dealkylation sites (N-methyl/N-ethyl adjacent to an activating group) is 1. The summed E-state index contributed by atoms with van der Waals surface area (Å²) in [5.74, 6) is 0.194. The summed E-state index contributed by atoms with van der Waals surface area (Å²) in [6.45, 7) is 3.40. The summed E-state index contributed by atoms with van der Waals surface area (Å²) < 4.78 is 0. The van der Waals surface area contributed by atoms with Crippen molar-refractivity contribution >= 4 is 11.8 Å². The number of rotatable bonds is 6. The first kappa shape index (κ1) is 16.5. The molecule has 120 valence electrons. The molecule has 4 heteroatoms. The highest BCUT2D eigenvalue weighted by atomic mass is 16.2. The SMILES string of the molecule is CCCC[C@@H]1C(=O)N(C)CCN1C(=O)CCc1ccccc1. The maximum atomic E-state index is 12.6. The molecular formula is C18H26N2O2. The first-order valence-electron chi connectivity index (χ1n) is 8.22. The van der Waals surface area contributed by atoms with E-state index in [9.17, 15) is 9.59 Å². The van der Waals surface area contributed by atoms with Crippen LogP contribution in [0.4, 0.5) is 0 Å². The van der Waals surface area contributed by atoms with Crippen molar-refractivity contribution in [3.8, 4) is 0 Å². The Bertz CT molecular complexity index is 501. The van der Waals surface area contributed by atoms with Crippen molar-refractivity contribution in [1.82, 2.24) is 9.80 Å². The van der Waals surface area contributed by atoms with Crippen LogP contribution in [0, 0.1) is 0 Å². The Hall–Kier alpha value is -1.84. The van der Waals surface area contributed by atoms with Crippen LogP contribution in [0.2, 0.25) is 0 Å². The van der Waals surface area contributed by atoms with E-state index in [1.165, 1.54) is 5.56 Å². The molecule has 2 rings (SSSR count). The van der Waals surface area contributed by atoms with E-state index in [2.05, 4.69) is 6.92 Å². The van der Waals surface area contributed by atoms with E-state index in [0.29, 0.717) is 19.5 Å². The maximum absolute atomic E-state index is 12.6. The second-order valence-corrected chi connectivity index (χ2v) is 5.99. The number of carbonyl (C=O) groups is 2. The van der Waals surface area contributed by atoms with Crippen LogP contribution in [-0.2, 0) is 16.0 Å². The van der Waals surface area contributed by atoms with Gasteiger partial charge in [0.1, 0.15) is 6.04 Å². The zero-order valence-corrected chi connectivity index (χ0v) is 13.6. The summed E-state index contributed by atoms with van der Waals surface area (Å²) in [5.41, 5.74) is 1.17. The molecule has 0 N–H and O–H groups in total. The van der Waals surface area contributed by atoms with Gasteiger partial charge in [-0.25, -0.2) is 0 Å². The molecule has 0 aliphatic carbocycles. The third-order valence-electron chi connectivity index (χ3n) is 4.34. The van der Waals surface area contributed by atoms with Gasteiger partial charge in [0.2, 0.25) is 11.8 Å². The minimum atomic E-state index is -0.262. The number of aryl methyl sites for hydroxylation is 1. The van der Waals surface area contributed by atoms with E-state index < -0.39 is 0 Å². The van der Waals surface area contributed by atoms with Gasteiger partial charge in [-0.15, -0.1) is 0 Å². The standard InChI is InChI=1S/C18H26N2O2/c1-3-4-10-16-18(22)19(2)13-14-20(16)17(21)12-11-15-8-6-5-7-9-15/h5-9,16H,3-4,10-14H2,1-2H3/t16-/m1/s1. The Kier molecular flexibility index (Phi) is 5.99. The van der Waals surface area contributed by atoms with Crippen LogP contribution in [0.15, 0.2) is 30.3 Å². The molecule has 1 aliphatic heterocycles. The minimum Gasteiger partial charge on any atom is -0.342 e. The molecule has 1 saturated heterocycles. The van der Waals surface area contributed by atoms with Crippen molar-refractivity contribution in [2.45, 2.75) is 45.1 Å². The molecule has 0 aromatic heterocycles. The predicted molar refractivity (Wildman–Crippen MR) is 87.4 cm³/mol. The Labute approximate surface area is 133 Å². The maximum Gasteiger partial charge on any atom is 0.245 e. The Balaban J connectivity index is 1.97. The van der Waals surface area contributed by atoms with Crippen LogP contribution >= 0.6 is 0 Å². The summed E-state index contributed by atoms with van der Waals surface area (Å²) in [4.78, 5) is 28.5. The van der Waals surface area contributed by atoms with Gasteiger partial charge in [0.05, 0.1) is 0 Å². The predicted octanol–water partition coefficient (Wildman–Crippen LogP) is 2.48. The van der Waals surface area contributed by atoms with Crippen molar-refractivity contribution in [2.24, 2.45) is 0 Å². The highest BCUT2D eigenvalue weighted by Gasteiger charge is 2.34. The number of nitrogens with zero attached hydrogens (tertiary/aromatic N) is 2. The van der Waals surface area contributed by atoms with Crippen LogP contribution in [0.1, 0.15) is 38.2 Å². The summed E-state index contributed by atoms with van der Waals surface area (Å²) in [6.07, 6.45) is 4.01. The smallest absolute Gasteiger partial charge is 0.245 e. The lowest BCUT2D eigenvalue weighted by atomic mass is 10.0. The van der Waals surface area contributed by atoms with Crippen LogP contribution in [0.5, 0.6) is 0 Å². The van der Waals surface area contributed by atoms with Crippen molar-refractivity contribution in [2.75, 3.05) is 20.1 Å². The zero-order valence-electron chi connectivity index (χ0n) is 13.6. The highest BCUT2D eigenvalue weighted by molar-refractivity contribution is 5.88. The zero-order chi connectivity index (χ0) is 15.9. The monoisotopic (exact) mass is 302 g/mol. The molecule has 0 saturated carbocycles. The third-order valence-corrected chi connectivity index (χ3v) is 4.34. The van der Waals surface area contributed by atoms with Crippen LogP contribution < -0.4 is 0 Å². The van der Waals surface area contributed by atoms with Crippen LogP contribution in [0.25, 0.3) is 0 Å². The quantitative estimate of drug-likeness (QED) is 0.810. The van der Waals surface area contributed by atoms with Gasteiger partial charge in [-0.1, -0.05) is 50.1 Å². The summed E-state index contributed by atoms with van der Waals surface area (Å²) >= 11 is 0. The second kappa shape index (κ2) is 7.97. The van der Waals surface area contributed by atoms with Crippen LogP contribution in [0.3, 0.4) is 0 Å². The number of benzene rings is 1. The van der Waals surface area contributed by atoms with Crippen molar-refractivity contribution in [3.63, 3.8) is 0 Å². The average molecular weight is 302 g/mol. The van der Waals surface area contributed by atoms with E-state index in [1.807, 2.05) is 37.4 Å². The molecule has 1 aliphatic rings. The lowest BCUT2D eigenvalue weighted by Gasteiger charge is -2.39. The fourth-order valence-electron chi connectivity index (χ4n) is 2.93. The van der Waals surface area contributed by atoms with Crippen LogP contribution in [-0.4, -0.2) is 47.8 Å². The molecule has 0 spiro atoms. The Morgan fingerprint density at radius 2 is 1.95 bits per heavy atom. The summed E-state index contributed by atoms with van der Waals surface area (Å²) in [7, 11) is 1.83. The van der Waals surface area contributed by atoms with Crippen molar-refractivity contribution < 1.29 is 9.59 Å². The molecule has 2 amide bonds. The molecule has 1 atom stereocenters. The number of piperazine rings is 1. The van der Waals surface area contributed by atoms with E-state index in [0.717, 1.165) is 25.7 Å². The second-order valence-electron chi connectivity index (χ2n) is 5.99. The van der Waals surface area contributed by atoms with E-state index in [-0.39, 0.29) is 17.9 Å². The number of amides is 2. The number of hydrogen-bond donors (Lipinski definition) is 0. The fourth-order valence-corrected chi connectivity index (χ4v) is 2.93. The summed E-state index contributed by atoms with van der Waals surface area (Å²) in [5, 5.41) is 0. The molecule has 0 radical (unpaired) electrons. The number of carbonyl (C=O) groups excluding carboxylic acids is 2. The first-order chi connectivity index (χ1) is 10.6. The minimum absolute atomic E-state index is 0.0905. The molecule has 1 fully saturated rings. The number of unbranched alkanes of at least 4 members (excludes halogenated alkanes) is 1. The van der Waals surface area contributed by atoms with Gasteiger partial charge >= 0.3 is 0 Å². The molecule has 0 bridgehead atoms. The van der Waals surface area contributed by atoms with Gasteiger partial charge in [0.25, 0.3) is 0 Å². The lowest BCUT2D eigenvalue weighted by Crippen LogP contribution is -2.57. The molecule has 22 heavy (non-hydrogen) atoms. The van der Waals surface area contributed by atoms with Gasteiger partial charge < -0.3 is 9.80 Å².